The number of nitrogens with two attached hydrogens (primary N) is 1. The van der Waals surface area contributed by atoms with Crippen LogP contribution >= 0.6 is 0 Å². The van der Waals surface area contributed by atoms with E-state index in [1.165, 1.54) is 18.2 Å². The van der Waals surface area contributed by atoms with Crippen molar-refractivity contribution in [1.82, 2.24) is 4.90 Å². The first-order valence-electron chi connectivity index (χ1n) is 5.27. The van der Waals surface area contributed by atoms with E-state index in [0.717, 1.165) is 0 Å². The average molecular weight is 253 g/mol. The van der Waals surface area contributed by atoms with Gasteiger partial charge in [-0.05, 0) is 26.2 Å². The van der Waals surface area contributed by atoms with E-state index < -0.39 is 10.8 Å². The van der Waals surface area contributed by atoms with Crippen molar-refractivity contribution in [2.24, 2.45) is 5.73 Å². The Morgan fingerprint density at radius 2 is 2.17 bits per heavy atom. The predicted octanol–water partition coefficient (Wildman–Crippen LogP) is 0.634. The zero-order valence-electron chi connectivity index (χ0n) is 10.3. The third kappa shape index (κ3) is 3.70. The molecule has 0 saturated carbocycles. The normalized spacial score (nSPS) is 10.4. The van der Waals surface area contributed by atoms with Crippen LogP contribution < -0.4 is 10.5 Å². The van der Waals surface area contributed by atoms with Crippen molar-refractivity contribution in [2.75, 3.05) is 27.2 Å². The first-order chi connectivity index (χ1) is 8.41. The quantitative estimate of drug-likeness (QED) is 0.592. The minimum atomic E-state index is -0.832. The summed E-state index contributed by atoms with van der Waals surface area (Å²) in [6, 6.07) is 3.99. The van der Waals surface area contributed by atoms with Crippen LogP contribution in [0.2, 0.25) is 0 Å². The second-order valence-electron chi connectivity index (χ2n) is 3.95. The van der Waals surface area contributed by atoms with Crippen LogP contribution in [-0.2, 0) is 0 Å². The van der Waals surface area contributed by atoms with Gasteiger partial charge in [-0.25, -0.2) is 0 Å². The van der Waals surface area contributed by atoms with Crippen molar-refractivity contribution in [2.45, 2.75) is 0 Å². The van der Waals surface area contributed by atoms with Gasteiger partial charge in [0.25, 0.3) is 11.6 Å². The highest BCUT2D eigenvalue weighted by Gasteiger charge is 2.19. The standard InChI is InChI=1S/C11H15N3O4/c1-13(2)5-6-18-8-3-4-9(11(12)15)10(7-8)14(16)17/h3-4,7H,5-6H2,1-2H3,(H2,12,15). The van der Waals surface area contributed by atoms with Gasteiger partial charge >= 0.3 is 0 Å². The lowest BCUT2D eigenvalue weighted by Crippen LogP contribution is -2.19. The summed E-state index contributed by atoms with van der Waals surface area (Å²) < 4.78 is 5.34. The average Bonchev–Trinajstić information content (AvgIpc) is 2.28. The lowest BCUT2D eigenvalue weighted by molar-refractivity contribution is -0.385. The van der Waals surface area contributed by atoms with Crippen molar-refractivity contribution in [3.63, 3.8) is 0 Å². The molecule has 0 aliphatic rings. The van der Waals surface area contributed by atoms with Crippen molar-refractivity contribution in [1.29, 1.82) is 0 Å². The van der Waals surface area contributed by atoms with Crippen molar-refractivity contribution in [3.8, 4) is 5.75 Å². The van der Waals surface area contributed by atoms with E-state index in [4.69, 9.17) is 10.5 Å². The van der Waals surface area contributed by atoms with E-state index in [9.17, 15) is 14.9 Å². The minimum absolute atomic E-state index is 0.125. The maximum atomic E-state index is 11.0. The Balaban J connectivity index is 2.87. The Morgan fingerprint density at radius 3 is 2.67 bits per heavy atom. The molecule has 0 aliphatic heterocycles. The first-order valence-corrected chi connectivity index (χ1v) is 5.27. The lowest BCUT2D eigenvalue weighted by atomic mass is 10.1. The highest BCUT2D eigenvalue weighted by atomic mass is 16.6. The fraction of sp³-hybridized carbons (Fsp3) is 0.364. The van der Waals surface area contributed by atoms with E-state index in [1.54, 1.807) is 0 Å². The molecule has 0 atom stereocenters. The fourth-order valence-corrected chi connectivity index (χ4v) is 1.31. The number of carbonyl (C=O) groups is 1. The molecule has 18 heavy (non-hydrogen) atoms. The molecular formula is C11H15N3O4. The molecule has 0 bridgehead atoms. The number of primary amides is 1. The maximum Gasteiger partial charge on any atom is 0.285 e. The fourth-order valence-electron chi connectivity index (χ4n) is 1.31. The van der Waals surface area contributed by atoms with Gasteiger partial charge in [0.2, 0.25) is 0 Å². The molecule has 0 heterocycles. The molecule has 0 unspecified atom stereocenters. The van der Waals surface area contributed by atoms with Crippen molar-refractivity contribution in [3.05, 3.63) is 33.9 Å². The summed E-state index contributed by atoms with van der Waals surface area (Å²) in [7, 11) is 3.78. The monoisotopic (exact) mass is 253 g/mol. The number of nitro benzene ring substituents is 1. The number of likely N-dealkylation sites (N-methyl/N-ethyl adjacent to an activating group) is 1. The van der Waals surface area contributed by atoms with Crippen molar-refractivity contribution >= 4 is 11.6 Å². The van der Waals surface area contributed by atoms with Gasteiger partial charge in [-0.15, -0.1) is 0 Å². The molecule has 0 saturated heterocycles. The van der Waals surface area contributed by atoms with Gasteiger partial charge in [-0.2, -0.15) is 0 Å². The highest BCUT2D eigenvalue weighted by Crippen LogP contribution is 2.24. The largest absolute Gasteiger partial charge is 0.492 e. The van der Waals surface area contributed by atoms with Gasteiger partial charge in [0.05, 0.1) is 11.0 Å². The molecule has 1 rings (SSSR count). The number of ether oxygens (including phenoxy) is 1. The summed E-state index contributed by atoms with van der Waals surface area (Å²) in [5.41, 5.74) is 4.58. The maximum absolute atomic E-state index is 11.0. The van der Waals surface area contributed by atoms with Gasteiger partial charge in [0, 0.05) is 6.54 Å². The number of nitrogens with zero attached hydrogens (tertiary/aromatic N) is 2. The van der Waals surface area contributed by atoms with Crippen LogP contribution in [0.5, 0.6) is 5.75 Å². The smallest absolute Gasteiger partial charge is 0.285 e. The Morgan fingerprint density at radius 1 is 1.50 bits per heavy atom. The third-order valence-corrected chi connectivity index (χ3v) is 2.24. The summed E-state index contributed by atoms with van der Waals surface area (Å²) in [5, 5.41) is 10.8. The highest BCUT2D eigenvalue weighted by molar-refractivity contribution is 5.97. The Labute approximate surface area is 104 Å². The van der Waals surface area contributed by atoms with Crippen LogP contribution in [0.4, 0.5) is 5.69 Å². The molecule has 1 aromatic rings. The van der Waals surface area contributed by atoms with E-state index in [1.807, 2.05) is 19.0 Å². The molecular weight excluding hydrogens is 238 g/mol. The van der Waals surface area contributed by atoms with Crippen molar-refractivity contribution < 1.29 is 14.5 Å². The van der Waals surface area contributed by atoms with Crippen LogP contribution in [0.25, 0.3) is 0 Å². The van der Waals surface area contributed by atoms with E-state index in [-0.39, 0.29) is 11.3 Å². The Bertz CT molecular complexity index is 460. The van der Waals surface area contributed by atoms with Crippen LogP contribution in [-0.4, -0.2) is 43.0 Å². The zero-order chi connectivity index (χ0) is 13.7. The summed E-state index contributed by atoms with van der Waals surface area (Å²) >= 11 is 0. The van der Waals surface area contributed by atoms with E-state index >= 15 is 0 Å². The lowest BCUT2D eigenvalue weighted by Gasteiger charge is -2.11. The summed E-state index contributed by atoms with van der Waals surface area (Å²) in [6.45, 7) is 1.09. The number of benzene rings is 1. The van der Waals surface area contributed by atoms with Gasteiger partial charge in [0.1, 0.15) is 17.9 Å². The third-order valence-electron chi connectivity index (χ3n) is 2.24. The van der Waals surface area contributed by atoms with Crippen LogP contribution in [0.3, 0.4) is 0 Å². The predicted molar refractivity (Wildman–Crippen MR) is 65.7 cm³/mol. The van der Waals surface area contributed by atoms with E-state index in [2.05, 4.69) is 0 Å². The van der Waals surface area contributed by atoms with Gasteiger partial charge < -0.3 is 15.4 Å². The number of hydrogen-bond donors (Lipinski definition) is 1. The summed E-state index contributed by atoms with van der Waals surface area (Å²) in [6.07, 6.45) is 0. The molecule has 1 amide bonds. The van der Waals surface area contributed by atoms with Crippen LogP contribution in [0.15, 0.2) is 18.2 Å². The SMILES string of the molecule is CN(C)CCOc1ccc(C(N)=O)c([N+](=O)[O-])c1. The van der Waals surface area contributed by atoms with Gasteiger partial charge in [0.15, 0.2) is 0 Å². The summed E-state index contributed by atoms with van der Waals surface area (Å²) in [5.74, 6) is -0.491. The summed E-state index contributed by atoms with van der Waals surface area (Å²) in [4.78, 5) is 23.1. The van der Waals surface area contributed by atoms with Crippen LogP contribution in [0.1, 0.15) is 10.4 Å². The molecule has 0 spiro atoms. The second-order valence-corrected chi connectivity index (χ2v) is 3.95. The molecule has 0 radical (unpaired) electrons. The number of amides is 1. The molecule has 0 fully saturated rings. The molecule has 98 valence electrons. The molecule has 0 aromatic heterocycles. The van der Waals surface area contributed by atoms with Gasteiger partial charge in [-0.3, -0.25) is 14.9 Å². The molecule has 2 N–H and O–H groups in total. The molecule has 7 nitrogen and oxygen atoms in total. The van der Waals surface area contributed by atoms with E-state index in [0.29, 0.717) is 18.9 Å². The first kappa shape index (κ1) is 13.9. The number of carbonyl (C=O) groups excluding carboxylic acids is 1. The number of hydrogen-bond acceptors (Lipinski definition) is 5. The number of nitro groups is 1. The second kappa shape index (κ2) is 5.97. The van der Waals surface area contributed by atoms with Crippen LogP contribution in [0, 0.1) is 10.1 Å². The number of rotatable bonds is 6. The molecule has 1 aromatic carbocycles. The van der Waals surface area contributed by atoms with Gasteiger partial charge in [-0.1, -0.05) is 0 Å². The molecule has 0 aliphatic carbocycles. The zero-order valence-corrected chi connectivity index (χ0v) is 10.3. The molecule has 7 heteroatoms. The minimum Gasteiger partial charge on any atom is -0.492 e. The topological polar surface area (TPSA) is 98.7 Å². The Hall–Kier alpha value is -2.15. The Kier molecular flexibility index (Phi) is 4.61.